The standard InChI is InChI=1S/C29H47NO2/c1-17-14-27(3,16-30-15-17)26-18(2)25-24(32-26)13-23-21-7-6-19-12-20(31)8-10-28(19,4)22(21)9-11-29(23,25)5/h6,17-18,20-26,30-31H,7-16H2,1-5H3/t17?,18-,20-,21?,22?,23?,24?,25?,26?,27?,28?,29-/m0/s1. The highest BCUT2D eigenvalue weighted by Crippen LogP contribution is 2.69. The molecule has 9 unspecified atom stereocenters. The van der Waals surface area contributed by atoms with Crippen molar-refractivity contribution in [3.8, 4) is 0 Å². The van der Waals surface area contributed by atoms with Gasteiger partial charge in [-0.2, -0.15) is 0 Å². The molecule has 12 atom stereocenters. The van der Waals surface area contributed by atoms with Gasteiger partial charge in [0.2, 0.25) is 0 Å². The van der Waals surface area contributed by atoms with Crippen LogP contribution in [0.1, 0.15) is 86.0 Å². The molecule has 3 nitrogen and oxygen atoms in total. The van der Waals surface area contributed by atoms with Crippen molar-refractivity contribution >= 4 is 0 Å². The van der Waals surface area contributed by atoms with E-state index in [-0.39, 0.29) is 11.5 Å². The summed E-state index contributed by atoms with van der Waals surface area (Å²) in [5.41, 5.74) is 2.66. The van der Waals surface area contributed by atoms with Crippen LogP contribution in [0.4, 0.5) is 0 Å². The normalized spacial score (nSPS) is 59.6. The molecule has 0 bridgehead atoms. The van der Waals surface area contributed by atoms with E-state index in [0.29, 0.717) is 29.0 Å². The van der Waals surface area contributed by atoms with Crippen molar-refractivity contribution in [1.29, 1.82) is 0 Å². The van der Waals surface area contributed by atoms with Gasteiger partial charge in [0, 0.05) is 12.0 Å². The van der Waals surface area contributed by atoms with Crippen LogP contribution in [0.15, 0.2) is 11.6 Å². The van der Waals surface area contributed by atoms with Crippen LogP contribution >= 0.6 is 0 Å². The van der Waals surface area contributed by atoms with Crippen LogP contribution in [-0.2, 0) is 4.74 Å². The quantitative estimate of drug-likeness (QED) is 0.522. The molecule has 3 heteroatoms. The lowest BCUT2D eigenvalue weighted by Crippen LogP contribution is -2.53. The van der Waals surface area contributed by atoms with Crippen LogP contribution in [0.25, 0.3) is 0 Å². The predicted molar refractivity (Wildman–Crippen MR) is 129 cm³/mol. The Bertz CT molecular complexity index is 794. The van der Waals surface area contributed by atoms with Crippen LogP contribution < -0.4 is 5.32 Å². The second-order valence-electron chi connectivity index (χ2n) is 14.0. The number of aliphatic hydroxyl groups is 1. The van der Waals surface area contributed by atoms with Crippen LogP contribution in [0.5, 0.6) is 0 Å². The minimum absolute atomic E-state index is 0.102. The molecular formula is C29H47NO2. The number of aliphatic hydroxyl groups excluding tert-OH is 1. The topological polar surface area (TPSA) is 41.5 Å². The fourth-order valence-corrected chi connectivity index (χ4v) is 10.8. The molecule has 2 aliphatic heterocycles. The van der Waals surface area contributed by atoms with Gasteiger partial charge in [0.15, 0.2) is 0 Å². The average Bonchev–Trinajstić information content (AvgIpc) is 3.23. The molecule has 3 saturated carbocycles. The third-order valence-corrected chi connectivity index (χ3v) is 12.1. The van der Waals surface area contributed by atoms with Crippen molar-refractivity contribution in [2.75, 3.05) is 13.1 Å². The lowest BCUT2D eigenvalue weighted by molar-refractivity contribution is -0.0803. The molecule has 0 spiro atoms. The first kappa shape index (κ1) is 22.1. The van der Waals surface area contributed by atoms with Gasteiger partial charge >= 0.3 is 0 Å². The molecular weight excluding hydrogens is 394 g/mol. The Kier molecular flexibility index (Phi) is 5.05. The summed E-state index contributed by atoms with van der Waals surface area (Å²) in [7, 11) is 0. The minimum atomic E-state index is -0.102. The number of rotatable bonds is 1. The molecule has 6 aliphatic rings. The van der Waals surface area contributed by atoms with Gasteiger partial charge in [-0.25, -0.2) is 0 Å². The summed E-state index contributed by atoms with van der Waals surface area (Å²) >= 11 is 0. The molecule has 4 aliphatic carbocycles. The molecule has 6 rings (SSSR count). The maximum absolute atomic E-state index is 10.3. The zero-order chi connectivity index (χ0) is 22.5. The van der Waals surface area contributed by atoms with Crippen molar-refractivity contribution in [2.24, 2.45) is 51.8 Å². The van der Waals surface area contributed by atoms with Gasteiger partial charge in [0.05, 0.1) is 18.3 Å². The van der Waals surface area contributed by atoms with Crippen molar-refractivity contribution in [3.05, 3.63) is 11.6 Å². The highest BCUT2D eigenvalue weighted by molar-refractivity contribution is 5.26. The van der Waals surface area contributed by atoms with E-state index in [9.17, 15) is 5.11 Å². The van der Waals surface area contributed by atoms with E-state index >= 15 is 0 Å². The number of ether oxygens (including phenoxy) is 1. The monoisotopic (exact) mass is 441 g/mol. The molecule has 0 aromatic rings. The zero-order valence-electron chi connectivity index (χ0n) is 21.2. The van der Waals surface area contributed by atoms with Crippen LogP contribution in [-0.4, -0.2) is 36.5 Å². The second kappa shape index (κ2) is 7.31. The molecule has 2 heterocycles. The first-order valence-corrected chi connectivity index (χ1v) is 13.9. The maximum atomic E-state index is 10.3. The zero-order valence-corrected chi connectivity index (χ0v) is 21.2. The van der Waals surface area contributed by atoms with E-state index in [1.54, 1.807) is 5.57 Å². The number of hydrogen-bond donors (Lipinski definition) is 2. The SMILES string of the molecule is CC1CNCC(C)(C2OC3CC4C5CC=C6C[C@@H](O)CCC6(C)C5CC[C@]4(C)C3[C@@H]2C)C1. The lowest BCUT2D eigenvalue weighted by Gasteiger charge is -2.58. The molecule has 2 saturated heterocycles. The fourth-order valence-electron chi connectivity index (χ4n) is 10.8. The van der Waals surface area contributed by atoms with Gasteiger partial charge in [-0.15, -0.1) is 0 Å². The van der Waals surface area contributed by atoms with Crippen molar-refractivity contribution in [1.82, 2.24) is 5.32 Å². The van der Waals surface area contributed by atoms with E-state index in [2.05, 4.69) is 46.0 Å². The Labute approximate surface area is 196 Å². The van der Waals surface area contributed by atoms with Crippen molar-refractivity contribution in [3.63, 3.8) is 0 Å². The number of fused-ring (bicyclic) bond motifs is 7. The first-order chi connectivity index (χ1) is 15.2. The average molecular weight is 442 g/mol. The largest absolute Gasteiger partial charge is 0.393 e. The molecule has 32 heavy (non-hydrogen) atoms. The molecule has 2 N–H and O–H groups in total. The van der Waals surface area contributed by atoms with E-state index in [1.165, 1.54) is 38.5 Å². The summed E-state index contributed by atoms with van der Waals surface area (Å²) in [5, 5.41) is 14.0. The number of piperidine rings is 1. The molecule has 0 amide bonds. The Morgan fingerprint density at radius 3 is 2.69 bits per heavy atom. The summed E-state index contributed by atoms with van der Waals surface area (Å²) in [6.45, 7) is 14.9. The van der Waals surface area contributed by atoms with Crippen LogP contribution in [0, 0.1) is 51.8 Å². The van der Waals surface area contributed by atoms with Crippen LogP contribution in [0.2, 0.25) is 0 Å². The van der Waals surface area contributed by atoms with Gasteiger partial charge in [0.1, 0.15) is 0 Å². The third-order valence-electron chi connectivity index (χ3n) is 12.1. The molecule has 0 radical (unpaired) electrons. The summed E-state index contributed by atoms with van der Waals surface area (Å²) in [5.74, 6) is 4.61. The van der Waals surface area contributed by atoms with Gasteiger partial charge in [0.25, 0.3) is 0 Å². The molecule has 180 valence electrons. The highest BCUT2D eigenvalue weighted by atomic mass is 16.5. The van der Waals surface area contributed by atoms with Crippen LogP contribution in [0.3, 0.4) is 0 Å². The molecule has 5 fully saturated rings. The van der Waals surface area contributed by atoms with E-state index < -0.39 is 0 Å². The summed E-state index contributed by atoms with van der Waals surface area (Å²) in [4.78, 5) is 0. The van der Waals surface area contributed by atoms with E-state index in [4.69, 9.17) is 4.74 Å². The minimum Gasteiger partial charge on any atom is -0.393 e. The van der Waals surface area contributed by atoms with E-state index in [1.807, 2.05) is 0 Å². The molecule has 0 aromatic heterocycles. The van der Waals surface area contributed by atoms with E-state index in [0.717, 1.165) is 55.5 Å². The number of allylic oxidation sites excluding steroid dienone is 1. The Balaban J connectivity index is 1.26. The maximum Gasteiger partial charge on any atom is 0.0674 e. The summed E-state index contributed by atoms with van der Waals surface area (Å²) < 4.78 is 7.08. The van der Waals surface area contributed by atoms with Crippen molar-refractivity contribution in [2.45, 2.75) is 104 Å². The fraction of sp³-hybridized carbons (Fsp3) is 0.931. The second-order valence-corrected chi connectivity index (χ2v) is 14.0. The summed E-state index contributed by atoms with van der Waals surface area (Å²) in [6.07, 6.45) is 13.1. The van der Waals surface area contributed by atoms with Gasteiger partial charge in [-0.05, 0) is 104 Å². The third kappa shape index (κ3) is 2.95. The lowest BCUT2D eigenvalue weighted by atomic mass is 9.46. The smallest absolute Gasteiger partial charge is 0.0674 e. The van der Waals surface area contributed by atoms with Gasteiger partial charge in [-0.1, -0.05) is 46.3 Å². The van der Waals surface area contributed by atoms with Crippen molar-refractivity contribution < 1.29 is 9.84 Å². The number of hydrogen-bond acceptors (Lipinski definition) is 3. The van der Waals surface area contributed by atoms with Gasteiger partial charge in [-0.3, -0.25) is 0 Å². The molecule has 0 aromatic carbocycles. The Morgan fingerprint density at radius 1 is 1.09 bits per heavy atom. The first-order valence-electron chi connectivity index (χ1n) is 13.9. The summed E-state index contributed by atoms with van der Waals surface area (Å²) in [6, 6.07) is 0. The Hall–Kier alpha value is -0.380. The number of nitrogens with one attached hydrogen (secondary N) is 1. The van der Waals surface area contributed by atoms with Gasteiger partial charge < -0.3 is 15.2 Å². The highest BCUT2D eigenvalue weighted by Gasteiger charge is 2.66. The Morgan fingerprint density at radius 2 is 1.91 bits per heavy atom. The predicted octanol–water partition coefficient (Wildman–Crippen LogP) is 5.58.